The monoisotopic (exact) mass is 310 g/mol. The van der Waals surface area contributed by atoms with Gasteiger partial charge in [0.15, 0.2) is 5.75 Å². The van der Waals surface area contributed by atoms with E-state index in [0.717, 1.165) is 12.3 Å². The number of nitrogens with one attached hydrogen (secondary N) is 2. The van der Waals surface area contributed by atoms with Gasteiger partial charge in [0.2, 0.25) is 5.75 Å². The van der Waals surface area contributed by atoms with Gasteiger partial charge in [-0.15, -0.1) is 0 Å². The molecule has 3 N–H and O–H groups in total. The van der Waals surface area contributed by atoms with Crippen LogP contribution in [0.5, 0.6) is 11.5 Å². The zero-order valence-electron chi connectivity index (χ0n) is 11.8. The number of carbonyl (C=O) groups is 2. The number of hydrogen-bond donors (Lipinski definition) is 3. The van der Waals surface area contributed by atoms with Crippen LogP contribution in [0.2, 0.25) is 0 Å². The summed E-state index contributed by atoms with van der Waals surface area (Å²) in [4.78, 5) is 32.2. The Morgan fingerprint density at radius 2 is 2.14 bits per heavy atom. The van der Waals surface area contributed by atoms with Crippen molar-refractivity contribution in [2.75, 3.05) is 13.7 Å². The van der Waals surface area contributed by atoms with Crippen LogP contribution >= 0.6 is 0 Å². The van der Waals surface area contributed by atoms with Crippen molar-refractivity contribution in [1.29, 1.82) is 0 Å². The van der Waals surface area contributed by atoms with Crippen LogP contribution < -0.4 is 15.5 Å². The molecule has 0 fully saturated rings. The van der Waals surface area contributed by atoms with E-state index in [0.29, 0.717) is 0 Å². The maximum absolute atomic E-state index is 11.2. The minimum Gasteiger partial charge on any atom is -0.500 e. The standard InChI is InChI=1S/C12H14N4O6/c1-3-22-9-5-7(4-8(10(9)17)16(20)21)6-14-15-12(19)11(18)13-2/h4-6,17H,3H2,1-2H3,(H,13,18)(H,15,19)/b14-6-. The number of ether oxygens (including phenoxy) is 1. The van der Waals surface area contributed by atoms with Gasteiger partial charge >= 0.3 is 17.5 Å². The lowest BCUT2D eigenvalue weighted by Gasteiger charge is -2.07. The highest BCUT2D eigenvalue weighted by Gasteiger charge is 2.19. The number of phenols is 1. The molecule has 1 aromatic rings. The molecule has 22 heavy (non-hydrogen) atoms. The fraction of sp³-hybridized carbons (Fsp3) is 0.250. The highest BCUT2D eigenvalue weighted by molar-refractivity contribution is 6.34. The minimum atomic E-state index is -0.989. The van der Waals surface area contributed by atoms with E-state index in [1.807, 2.05) is 5.43 Å². The van der Waals surface area contributed by atoms with Crippen LogP contribution in [0.1, 0.15) is 12.5 Å². The average molecular weight is 310 g/mol. The number of amides is 2. The Morgan fingerprint density at radius 3 is 2.68 bits per heavy atom. The maximum atomic E-state index is 11.2. The second-order valence-corrected chi connectivity index (χ2v) is 3.86. The normalized spacial score (nSPS) is 10.3. The zero-order chi connectivity index (χ0) is 16.7. The largest absolute Gasteiger partial charge is 0.500 e. The van der Waals surface area contributed by atoms with E-state index >= 15 is 0 Å². The molecule has 0 aromatic heterocycles. The fourth-order valence-corrected chi connectivity index (χ4v) is 1.42. The number of benzene rings is 1. The SMILES string of the molecule is CCOc1cc(/C=N\NC(=O)C(=O)NC)cc([N+](=O)[O-])c1O. The zero-order valence-corrected chi connectivity index (χ0v) is 11.8. The molecule has 0 unspecified atom stereocenters. The van der Waals surface area contributed by atoms with Crippen molar-refractivity contribution >= 4 is 23.7 Å². The number of likely N-dealkylation sites (N-methyl/N-ethyl adjacent to an activating group) is 1. The van der Waals surface area contributed by atoms with Crippen LogP contribution in [0.4, 0.5) is 5.69 Å². The molecular formula is C12H14N4O6. The van der Waals surface area contributed by atoms with Gasteiger partial charge in [-0.3, -0.25) is 19.7 Å². The summed E-state index contributed by atoms with van der Waals surface area (Å²) in [6, 6.07) is 2.36. The van der Waals surface area contributed by atoms with Crippen molar-refractivity contribution in [2.45, 2.75) is 6.92 Å². The summed E-state index contributed by atoms with van der Waals surface area (Å²) in [5, 5.41) is 26.2. The molecule has 0 heterocycles. The first-order chi connectivity index (χ1) is 10.4. The van der Waals surface area contributed by atoms with E-state index in [1.165, 1.54) is 13.1 Å². The summed E-state index contributed by atoms with van der Waals surface area (Å²) >= 11 is 0. The molecule has 2 amide bonds. The molecule has 0 radical (unpaired) electrons. The molecule has 118 valence electrons. The van der Waals surface area contributed by atoms with E-state index < -0.39 is 28.2 Å². The van der Waals surface area contributed by atoms with E-state index in [4.69, 9.17) is 4.74 Å². The van der Waals surface area contributed by atoms with Gasteiger partial charge < -0.3 is 15.2 Å². The number of nitro groups is 1. The summed E-state index contributed by atoms with van der Waals surface area (Å²) in [5.41, 5.74) is 1.58. The number of rotatable bonds is 5. The molecular weight excluding hydrogens is 296 g/mol. The van der Waals surface area contributed by atoms with Gasteiger partial charge in [0, 0.05) is 18.7 Å². The lowest BCUT2D eigenvalue weighted by molar-refractivity contribution is -0.386. The topological polar surface area (TPSA) is 143 Å². The Hall–Kier alpha value is -3.17. The molecule has 1 aromatic carbocycles. The van der Waals surface area contributed by atoms with Gasteiger partial charge in [-0.2, -0.15) is 5.10 Å². The van der Waals surface area contributed by atoms with Crippen molar-refractivity contribution in [3.8, 4) is 11.5 Å². The predicted molar refractivity (Wildman–Crippen MR) is 75.7 cm³/mol. The van der Waals surface area contributed by atoms with Crippen LogP contribution in [0.3, 0.4) is 0 Å². The second-order valence-electron chi connectivity index (χ2n) is 3.86. The Balaban J connectivity index is 3.02. The third-order valence-corrected chi connectivity index (χ3v) is 2.39. The lowest BCUT2D eigenvalue weighted by atomic mass is 10.2. The molecule has 1 rings (SSSR count). The van der Waals surface area contributed by atoms with E-state index in [9.17, 15) is 24.8 Å². The van der Waals surface area contributed by atoms with Crippen LogP contribution in [0, 0.1) is 10.1 Å². The van der Waals surface area contributed by atoms with Gasteiger partial charge in [-0.25, -0.2) is 5.43 Å². The molecule has 0 saturated carbocycles. The first kappa shape index (κ1) is 16.9. The van der Waals surface area contributed by atoms with Gasteiger partial charge in [0.25, 0.3) is 0 Å². The van der Waals surface area contributed by atoms with Gasteiger partial charge in [0.05, 0.1) is 17.7 Å². The van der Waals surface area contributed by atoms with Gasteiger partial charge in [-0.05, 0) is 13.0 Å². The van der Waals surface area contributed by atoms with Crippen molar-refractivity contribution < 1.29 is 24.4 Å². The van der Waals surface area contributed by atoms with Crippen molar-refractivity contribution in [3.05, 3.63) is 27.8 Å². The summed E-state index contributed by atoms with van der Waals surface area (Å²) in [5.74, 6) is -2.56. The smallest absolute Gasteiger partial charge is 0.329 e. The fourth-order valence-electron chi connectivity index (χ4n) is 1.42. The number of hydrogen-bond acceptors (Lipinski definition) is 7. The maximum Gasteiger partial charge on any atom is 0.329 e. The lowest BCUT2D eigenvalue weighted by Crippen LogP contribution is -2.35. The summed E-state index contributed by atoms with van der Waals surface area (Å²) in [6.45, 7) is 1.84. The number of nitro benzene ring substituents is 1. The molecule has 0 saturated heterocycles. The highest BCUT2D eigenvalue weighted by Crippen LogP contribution is 2.36. The third kappa shape index (κ3) is 4.16. The Morgan fingerprint density at radius 1 is 1.45 bits per heavy atom. The average Bonchev–Trinajstić information content (AvgIpc) is 2.49. The third-order valence-electron chi connectivity index (χ3n) is 2.39. The second kappa shape index (κ2) is 7.57. The molecule has 0 atom stereocenters. The predicted octanol–water partition coefficient (Wildman–Crippen LogP) is -0.105. The highest BCUT2D eigenvalue weighted by atomic mass is 16.6. The molecule has 0 bridgehead atoms. The van der Waals surface area contributed by atoms with E-state index in [-0.39, 0.29) is 17.9 Å². The summed E-state index contributed by atoms with van der Waals surface area (Å²) in [7, 11) is 1.28. The summed E-state index contributed by atoms with van der Waals surface area (Å²) in [6.07, 6.45) is 1.08. The number of aromatic hydroxyl groups is 1. The molecule has 10 heteroatoms. The van der Waals surface area contributed by atoms with E-state index in [2.05, 4.69) is 10.4 Å². The number of carbonyl (C=O) groups excluding carboxylic acids is 2. The van der Waals surface area contributed by atoms with Crippen LogP contribution in [-0.2, 0) is 9.59 Å². The van der Waals surface area contributed by atoms with Crippen LogP contribution in [0.25, 0.3) is 0 Å². The van der Waals surface area contributed by atoms with Crippen molar-refractivity contribution in [1.82, 2.24) is 10.7 Å². The van der Waals surface area contributed by atoms with Crippen molar-refractivity contribution in [3.63, 3.8) is 0 Å². The number of hydrazone groups is 1. The Kier molecular flexibility index (Phi) is 5.81. The minimum absolute atomic E-state index is 0.0872. The number of nitrogens with zero attached hydrogens (tertiary/aromatic N) is 2. The quantitative estimate of drug-likeness (QED) is 0.300. The van der Waals surface area contributed by atoms with E-state index in [1.54, 1.807) is 6.92 Å². The first-order valence-electron chi connectivity index (χ1n) is 6.10. The molecule has 0 spiro atoms. The molecule has 10 nitrogen and oxygen atoms in total. The van der Waals surface area contributed by atoms with Gasteiger partial charge in [-0.1, -0.05) is 0 Å². The summed E-state index contributed by atoms with van der Waals surface area (Å²) < 4.78 is 5.08. The molecule has 0 aliphatic rings. The first-order valence-corrected chi connectivity index (χ1v) is 6.10. The van der Waals surface area contributed by atoms with Crippen LogP contribution in [-0.4, -0.2) is 41.7 Å². The van der Waals surface area contributed by atoms with Crippen molar-refractivity contribution in [2.24, 2.45) is 5.10 Å². The number of phenolic OH excluding ortho intramolecular Hbond substituents is 1. The van der Waals surface area contributed by atoms with Gasteiger partial charge in [0.1, 0.15) is 0 Å². The Labute approximate surface area is 124 Å². The molecule has 0 aliphatic carbocycles. The molecule has 0 aliphatic heterocycles. The Bertz CT molecular complexity index is 628. The van der Waals surface area contributed by atoms with Crippen LogP contribution in [0.15, 0.2) is 17.2 Å².